The van der Waals surface area contributed by atoms with Gasteiger partial charge >= 0.3 is 5.97 Å². The molecule has 0 rings (SSSR count). The highest BCUT2D eigenvalue weighted by molar-refractivity contribution is 9.09. The average Bonchev–Trinajstić information content (AvgIpc) is 2.24. The smallest absolute Gasteiger partial charge is 0.303 e. The first-order chi connectivity index (χ1) is 7.61. The van der Waals surface area contributed by atoms with Crippen LogP contribution in [-0.2, 0) is 9.59 Å². The summed E-state index contributed by atoms with van der Waals surface area (Å²) in [5.41, 5.74) is 0. The number of hydrogen-bond donors (Lipinski definition) is 2. The number of nitrogens with one attached hydrogen (secondary N) is 1. The van der Waals surface area contributed by atoms with Gasteiger partial charge in [-0.2, -0.15) is 0 Å². The highest BCUT2D eigenvalue weighted by atomic mass is 79.9. The van der Waals surface area contributed by atoms with Crippen molar-refractivity contribution in [2.24, 2.45) is 5.92 Å². The lowest BCUT2D eigenvalue weighted by Gasteiger charge is -2.10. The van der Waals surface area contributed by atoms with E-state index in [1.807, 2.05) is 0 Å². The topological polar surface area (TPSA) is 66.4 Å². The first kappa shape index (κ1) is 15.9. The van der Waals surface area contributed by atoms with Gasteiger partial charge < -0.3 is 10.4 Å². The maximum absolute atomic E-state index is 11.5. The number of hydrogen-bond acceptors (Lipinski definition) is 2. The van der Waals surface area contributed by atoms with Crippen LogP contribution in [-0.4, -0.2) is 34.2 Å². The van der Waals surface area contributed by atoms with E-state index in [1.165, 1.54) is 0 Å². The second-order valence-corrected chi connectivity index (χ2v) is 4.80. The van der Waals surface area contributed by atoms with Crippen LogP contribution in [0.15, 0.2) is 0 Å². The number of carboxylic acid groups (broad SMARTS) is 1. The van der Waals surface area contributed by atoms with Gasteiger partial charge in [0.15, 0.2) is 0 Å². The molecule has 6 heteroatoms. The molecular formula is C10H17Br2NO3. The Morgan fingerprint density at radius 1 is 1.12 bits per heavy atom. The van der Waals surface area contributed by atoms with Crippen molar-refractivity contribution in [3.8, 4) is 0 Å². The number of unbranched alkanes of at least 4 members (excludes halogenated alkanes) is 2. The number of alkyl halides is 2. The van der Waals surface area contributed by atoms with Crippen molar-refractivity contribution in [2.45, 2.75) is 25.7 Å². The SMILES string of the molecule is O=C(O)CCCCCNC(=O)C(CBr)CBr. The molecule has 0 aromatic heterocycles. The van der Waals surface area contributed by atoms with Crippen molar-refractivity contribution in [3.63, 3.8) is 0 Å². The van der Waals surface area contributed by atoms with Crippen LogP contribution in [0.4, 0.5) is 0 Å². The van der Waals surface area contributed by atoms with Crippen molar-refractivity contribution in [3.05, 3.63) is 0 Å². The number of carbonyl (C=O) groups is 2. The Morgan fingerprint density at radius 2 is 1.75 bits per heavy atom. The number of carbonyl (C=O) groups excluding carboxylic acids is 1. The molecule has 0 radical (unpaired) electrons. The Kier molecular flexibility index (Phi) is 10.0. The first-order valence-corrected chi connectivity index (χ1v) is 7.47. The van der Waals surface area contributed by atoms with E-state index >= 15 is 0 Å². The van der Waals surface area contributed by atoms with Crippen LogP contribution in [0.2, 0.25) is 0 Å². The van der Waals surface area contributed by atoms with Crippen LogP contribution in [0.1, 0.15) is 25.7 Å². The molecule has 0 aliphatic rings. The van der Waals surface area contributed by atoms with Gasteiger partial charge in [-0.05, 0) is 12.8 Å². The summed E-state index contributed by atoms with van der Waals surface area (Å²) < 4.78 is 0. The van der Waals surface area contributed by atoms with Crippen molar-refractivity contribution in [2.75, 3.05) is 17.2 Å². The number of rotatable bonds is 9. The Bertz CT molecular complexity index is 220. The quantitative estimate of drug-likeness (QED) is 0.490. The zero-order valence-electron chi connectivity index (χ0n) is 9.05. The maximum Gasteiger partial charge on any atom is 0.303 e. The zero-order chi connectivity index (χ0) is 12.4. The maximum atomic E-state index is 11.5. The van der Waals surface area contributed by atoms with Crippen molar-refractivity contribution >= 4 is 43.7 Å². The molecule has 0 bridgehead atoms. The molecule has 94 valence electrons. The predicted molar refractivity (Wildman–Crippen MR) is 70.2 cm³/mol. The summed E-state index contributed by atoms with van der Waals surface area (Å²) in [6.45, 7) is 0.620. The van der Waals surface area contributed by atoms with Crippen LogP contribution < -0.4 is 5.32 Å². The first-order valence-electron chi connectivity index (χ1n) is 5.23. The molecule has 16 heavy (non-hydrogen) atoms. The van der Waals surface area contributed by atoms with Gasteiger partial charge in [-0.15, -0.1) is 0 Å². The lowest BCUT2D eigenvalue weighted by molar-refractivity contribution is -0.137. The van der Waals surface area contributed by atoms with Crippen molar-refractivity contribution < 1.29 is 14.7 Å². The second kappa shape index (κ2) is 10.1. The fourth-order valence-electron chi connectivity index (χ4n) is 1.12. The largest absolute Gasteiger partial charge is 0.481 e. The van der Waals surface area contributed by atoms with Crippen LogP contribution in [0.25, 0.3) is 0 Å². The van der Waals surface area contributed by atoms with Crippen molar-refractivity contribution in [1.29, 1.82) is 0 Å². The van der Waals surface area contributed by atoms with Gasteiger partial charge in [-0.25, -0.2) is 0 Å². The number of halogens is 2. The van der Waals surface area contributed by atoms with E-state index in [1.54, 1.807) is 0 Å². The van der Waals surface area contributed by atoms with E-state index in [-0.39, 0.29) is 18.2 Å². The fourth-order valence-corrected chi connectivity index (χ4v) is 2.78. The summed E-state index contributed by atoms with van der Waals surface area (Å²) in [4.78, 5) is 21.7. The van der Waals surface area contributed by atoms with Crippen LogP contribution in [0, 0.1) is 5.92 Å². The van der Waals surface area contributed by atoms with Gasteiger partial charge in [-0.1, -0.05) is 38.3 Å². The molecule has 0 aliphatic carbocycles. The predicted octanol–water partition coefficient (Wildman–Crippen LogP) is 2.15. The Labute approximate surface area is 112 Å². The summed E-state index contributed by atoms with van der Waals surface area (Å²) in [6.07, 6.45) is 2.54. The molecule has 0 aliphatic heterocycles. The summed E-state index contributed by atoms with van der Waals surface area (Å²) in [6, 6.07) is 0. The minimum Gasteiger partial charge on any atom is -0.481 e. The fraction of sp³-hybridized carbons (Fsp3) is 0.800. The lowest BCUT2D eigenvalue weighted by atomic mass is 10.2. The van der Waals surface area contributed by atoms with E-state index in [0.717, 1.165) is 12.8 Å². The van der Waals surface area contributed by atoms with Gasteiger partial charge in [-0.3, -0.25) is 9.59 Å². The monoisotopic (exact) mass is 357 g/mol. The third-order valence-electron chi connectivity index (χ3n) is 2.11. The highest BCUT2D eigenvalue weighted by Gasteiger charge is 2.14. The zero-order valence-corrected chi connectivity index (χ0v) is 12.2. The van der Waals surface area contributed by atoms with Crippen molar-refractivity contribution in [1.82, 2.24) is 5.32 Å². The summed E-state index contributed by atoms with van der Waals surface area (Å²) in [5.74, 6) is -0.770. The Balaban J connectivity index is 3.44. The molecule has 0 spiro atoms. The molecule has 0 aromatic carbocycles. The number of aliphatic carboxylic acids is 1. The summed E-state index contributed by atoms with van der Waals surface area (Å²) in [7, 11) is 0. The van der Waals surface area contributed by atoms with Gasteiger partial charge in [0.1, 0.15) is 0 Å². The molecule has 0 unspecified atom stereocenters. The van der Waals surface area contributed by atoms with Gasteiger partial charge in [0.2, 0.25) is 5.91 Å². The van der Waals surface area contributed by atoms with Crippen LogP contribution in [0.3, 0.4) is 0 Å². The third kappa shape index (κ3) is 8.10. The molecule has 0 aromatic rings. The summed E-state index contributed by atoms with van der Waals surface area (Å²) >= 11 is 6.54. The van der Waals surface area contributed by atoms with E-state index in [2.05, 4.69) is 37.2 Å². The summed E-state index contributed by atoms with van der Waals surface area (Å²) in [5, 5.41) is 12.5. The highest BCUT2D eigenvalue weighted by Crippen LogP contribution is 2.06. The molecule has 1 amide bonds. The second-order valence-electron chi connectivity index (χ2n) is 3.50. The minimum absolute atomic E-state index is 0.0342. The lowest BCUT2D eigenvalue weighted by Crippen LogP contribution is -2.33. The van der Waals surface area contributed by atoms with Gasteiger partial charge in [0.25, 0.3) is 0 Å². The molecule has 0 saturated carbocycles. The van der Waals surface area contributed by atoms with E-state index < -0.39 is 5.97 Å². The van der Waals surface area contributed by atoms with E-state index in [0.29, 0.717) is 23.6 Å². The number of carboxylic acids is 1. The standard InChI is InChI=1S/C10H17Br2NO3/c11-6-8(7-12)10(16)13-5-3-1-2-4-9(14)15/h8H,1-7H2,(H,13,16)(H,14,15). The molecule has 0 atom stereocenters. The van der Waals surface area contributed by atoms with Gasteiger partial charge in [0, 0.05) is 23.6 Å². The normalized spacial score (nSPS) is 10.4. The Hall–Kier alpha value is -0.100. The molecule has 0 heterocycles. The molecule has 0 saturated heterocycles. The van der Waals surface area contributed by atoms with Crippen LogP contribution >= 0.6 is 31.9 Å². The minimum atomic E-state index is -0.761. The van der Waals surface area contributed by atoms with E-state index in [4.69, 9.17) is 5.11 Å². The molecule has 4 nitrogen and oxygen atoms in total. The molecule has 0 fully saturated rings. The third-order valence-corrected chi connectivity index (χ3v) is 3.67. The van der Waals surface area contributed by atoms with E-state index in [9.17, 15) is 9.59 Å². The molecule has 2 N–H and O–H groups in total. The van der Waals surface area contributed by atoms with Gasteiger partial charge in [0.05, 0.1) is 5.92 Å². The Morgan fingerprint density at radius 3 is 2.25 bits per heavy atom. The van der Waals surface area contributed by atoms with Crippen LogP contribution in [0.5, 0.6) is 0 Å². The molecular weight excluding hydrogens is 342 g/mol. The average molecular weight is 359 g/mol. The number of amides is 1.